The Hall–Kier alpha value is -2.46. The van der Waals surface area contributed by atoms with Crippen molar-refractivity contribution < 1.29 is 14.3 Å². The minimum absolute atomic E-state index is 0.159. The second kappa shape index (κ2) is 5.50. The zero-order valence-corrected chi connectivity index (χ0v) is 12.1. The molecule has 0 fully saturated rings. The number of esters is 1. The van der Waals surface area contributed by atoms with Crippen LogP contribution in [0.3, 0.4) is 0 Å². The van der Waals surface area contributed by atoms with E-state index in [-0.39, 0.29) is 5.78 Å². The quantitative estimate of drug-likeness (QED) is 0.543. The predicted molar refractivity (Wildman–Crippen MR) is 83.0 cm³/mol. The van der Waals surface area contributed by atoms with Crippen molar-refractivity contribution >= 4 is 33.2 Å². The van der Waals surface area contributed by atoms with Gasteiger partial charge in [-0.3, -0.25) is 4.79 Å². The first kappa shape index (κ1) is 13.5. The van der Waals surface area contributed by atoms with Gasteiger partial charge >= 0.3 is 5.97 Å². The van der Waals surface area contributed by atoms with Crippen LogP contribution >= 0.6 is 11.3 Å². The van der Waals surface area contributed by atoms with Crippen molar-refractivity contribution in [1.29, 1.82) is 0 Å². The van der Waals surface area contributed by atoms with Crippen molar-refractivity contribution in [1.82, 2.24) is 0 Å². The van der Waals surface area contributed by atoms with Crippen LogP contribution in [0.4, 0.5) is 0 Å². The van der Waals surface area contributed by atoms with Crippen LogP contribution in [0.15, 0.2) is 54.6 Å². The van der Waals surface area contributed by atoms with E-state index >= 15 is 0 Å². The maximum atomic E-state index is 12.8. The van der Waals surface area contributed by atoms with Crippen LogP contribution < -0.4 is 0 Å². The number of rotatable bonds is 3. The number of ether oxygens (including phenoxy) is 1. The van der Waals surface area contributed by atoms with Gasteiger partial charge < -0.3 is 4.74 Å². The summed E-state index contributed by atoms with van der Waals surface area (Å²) in [5.41, 5.74) is 0.986. The third-order valence-electron chi connectivity index (χ3n) is 3.23. The largest absolute Gasteiger partial charge is 0.465 e. The maximum Gasteiger partial charge on any atom is 0.348 e. The van der Waals surface area contributed by atoms with Crippen molar-refractivity contribution in [3.05, 3.63) is 70.6 Å². The van der Waals surface area contributed by atoms with Crippen LogP contribution in [0.5, 0.6) is 0 Å². The molecule has 0 spiro atoms. The summed E-state index contributed by atoms with van der Waals surface area (Å²) in [7, 11) is 1.32. The highest BCUT2D eigenvalue weighted by Gasteiger charge is 2.24. The molecule has 0 saturated carbocycles. The number of methoxy groups -OCH3 is 1. The normalized spacial score (nSPS) is 10.5. The highest BCUT2D eigenvalue weighted by atomic mass is 32.1. The molecular weight excluding hydrogens is 284 g/mol. The zero-order chi connectivity index (χ0) is 14.8. The Labute approximate surface area is 125 Å². The van der Waals surface area contributed by atoms with Gasteiger partial charge in [0.25, 0.3) is 0 Å². The molecule has 0 amide bonds. The third-order valence-corrected chi connectivity index (χ3v) is 4.38. The number of fused-ring (bicyclic) bond motifs is 1. The molecule has 21 heavy (non-hydrogen) atoms. The molecule has 1 aromatic heterocycles. The SMILES string of the molecule is COC(=O)c1sc2ccccc2c1C(=O)c1ccccc1. The number of hydrogen-bond acceptors (Lipinski definition) is 4. The average Bonchev–Trinajstić information content (AvgIpc) is 2.93. The van der Waals surface area contributed by atoms with Crippen molar-refractivity contribution in [2.45, 2.75) is 0 Å². The summed E-state index contributed by atoms with van der Waals surface area (Å²) in [5, 5.41) is 0.789. The molecule has 2 aromatic carbocycles. The first-order valence-electron chi connectivity index (χ1n) is 6.42. The van der Waals surface area contributed by atoms with E-state index in [0.29, 0.717) is 16.0 Å². The van der Waals surface area contributed by atoms with Gasteiger partial charge in [0.15, 0.2) is 5.78 Å². The molecule has 3 nitrogen and oxygen atoms in total. The topological polar surface area (TPSA) is 43.4 Å². The van der Waals surface area contributed by atoms with E-state index in [2.05, 4.69) is 0 Å². The number of carbonyl (C=O) groups excluding carboxylic acids is 2. The standard InChI is InChI=1S/C17H12O3S/c1-20-17(19)16-14(12-9-5-6-10-13(12)21-16)15(18)11-7-3-2-4-8-11/h2-10H,1H3. The van der Waals surface area contributed by atoms with Gasteiger partial charge in [0, 0.05) is 15.6 Å². The molecule has 4 heteroatoms. The predicted octanol–water partition coefficient (Wildman–Crippen LogP) is 3.92. The fourth-order valence-corrected chi connectivity index (χ4v) is 3.36. The van der Waals surface area contributed by atoms with Crippen molar-refractivity contribution in [3.63, 3.8) is 0 Å². The second-order valence-electron chi connectivity index (χ2n) is 4.49. The van der Waals surface area contributed by atoms with Gasteiger partial charge in [0.05, 0.1) is 12.7 Å². The van der Waals surface area contributed by atoms with Gasteiger partial charge in [-0.2, -0.15) is 0 Å². The third kappa shape index (κ3) is 2.34. The number of carbonyl (C=O) groups is 2. The van der Waals surface area contributed by atoms with Gasteiger partial charge in [-0.05, 0) is 6.07 Å². The molecule has 0 aliphatic carbocycles. The summed E-state index contributed by atoms with van der Waals surface area (Å²) in [6.07, 6.45) is 0. The Kier molecular flexibility index (Phi) is 3.54. The van der Waals surface area contributed by atoms with E-state index < -0.39 is 5.97 Å². The minimum atomic E-state index is -0.476. The van der Waals surface area contributed by atoms with Crippen LogP contribution in [0.2, 0.25) is 0 Å². The minimum Gasteiger partial charge on any atom is -0.465 e. The number of benzene rings is 2. The van der Waals surface area contributed by atoms with Crippen LogP contribution in [0.1, 0.15) is 25.6 Å². The summed E-state index contributed by atoms with van der Waals surface area (Å²) in [6, 6.07) is 16.5. The van der Waals surface area contributed by atoms with Gasteiger partial charge in [0.2, 0.25) is 0 Å². The molecular formula is C17H12O3S. The molecule has 3 aromatic rings. The first-order valence-corrected chi connectivity index (χ1v) is 7.23. The highest BCUT2D eigenvalue weighted by Crippen LogP contribution is 2.33. The molecule has 0 radical (unpaired) electrons. The molecule has 0 unspecified atom stereocenters. The fourth-order valence-electron chi connectivity index (χ4n) is 2.24. The lowest BCUT2D eigenvalue weighted by Crippen LogP contribution is -2.08. The van der Waals surface area contributed by atoms with Crippen LogP contribution in [-0.4, -0.2) is 18.9 Å². The zero-order valence-electron chi connectivity index (χ0n) is 11.3. The van der Waals surface area contributed by atoms with Crippen LogP contribution in [0, 0.1) is 0 Å². The van der Waals surface area contributed by atoms with Crippen molar-refractivity contribution in [2.75, 3.05) is 7.11 Å². The Balaban J connectivity index is 2.25. The lowest BCUT2D eigenvalue weighted by molar-refractivity contribution is 0.0603. The summed E-state index contributed by atoms with van der Waals surface area (Å²) >= 11 is 1.28. The average molecular weight is 296 g/mol. The van der Waals surface area contributed by atoms with E-state index in [1.165, 1.54) is 18.4 Å². The smallest absolute Gasteiger partial charge is 0.348 e. The number of ketones is 1. The number of thiophene rings is 1. The van der Waals surface area contributed by atoms with Crippen LogP contribution in [-0.2, 0) is 4.74 Å². The lowest BCUT2D eigenvalue weighted by atomic mass is 10.0. The van der Waals surface area contributed by atoms with Gasteiger partial charge in [-0.25, -0.2) is 4.79 Å². The molecule has 0 N–H and O–H groups in total. The van der Waals surface area contributed by atoms with E-state index in [1.807, 2.05) is 30.3 Å². The first-order chi connectivity index (χ1) is 10.2. The maximum absolute atomic E-state index is 12.8. The molecule has 0 aliphatic heterocycles. The van der Waals surface area contributed by atoms with Crippen molar-refractivity contribution in [3.8, 4) is 0 Å². The molecule has 0 aliphatic rings. The van der Waals surface area contributed by atoms with E-state index in [0.717, 1.165) is 10.1 Å². The van der Waals surface area contributed by atoms with E-state index in [1.54, 1.807) is 24.3 Å². The van der Waals surface area contributed by atoms with Gasteiger partial charge in [-0.1, -0.05) is 48.5 Å². The van der Waals surface area contributed by atoms with E-state index in [9.17, 15) is 9.59 Å². The lowest BCUT2D eigenvalue weighted by Gasteiger charge is -2.03. The monoisotopic (exact) mass is 296 g/mol. The molecule has 0 bridgehead atoms. The molecule has 3 rings (SSSR count). The molecule has 1 heterocycles. The Morgan fingerprint density at radius 3 is 2.33 bits per heavy atom. The highest BCUT2D eigenvalue weighted by molar-refractivity contribution is 7.21. The number of hydrogen-bond donors (Lipinski definition) is 0. The second-order valence-corrected chi connectivity index (χ2v) is 5.54. The van der Waals surface area contributed by atoms with Gasteiger partial charge in [-0.15, -0.1) is 11.3 Å². The summed E-state index contributed by atoms with van der Waals surface area (Å²) in [4.78, 5) is 25.1. The van der Waals surface area contributed by atoms with Crippen LogP contribution in [0.25, 0.3) is 10.1 Å². The van der Waals surface area contributed by atoms with Gasteiger partial charge in [0.1, 0.15) is 4.88 Å². The Morgan fingerprint density at radius 2 is 1.62 bits per heavy atom. The Bertz CT molecular complexity index is 818. The Morgan fingerprint density at radius 1 is 0.952 bits per heavy atom. The summed E-state index contributed by atoms with van der Waals surface area (Å²) in [6.45, 7) is 0. The fraction of sp³-hybridized carbons (Fsp3) is 0.0588. The van der Waals surface area contributed by atoms with E-state index in [4.69, 9.17) is 4.74 Å². The molecule has 104 valence electrons. The van der Waals surface area contributed by atoms with Crippen molar-refractivity contribution in [2.24, 2.45) is 0 Å². The molecule has 0 saturated heterocycles. The molecule has 0 atom stereocenters. The summed E-state index contributed by atoms with van der Waals surface area (Å²) < 4.78 is 5.71. The summed E-state index contributed by atoms with van der Waals surface area (Å²) in [5.74, 6) is -0.635.